The highest BCUT2D eigenvalue weighted by atomic mass is 16.4. The molecule has 0 rings (SSSR count). The monoisotopic (exact) mass is 232 g/mol. The minimum atomic E-state index is -0.695. The van der Waals surface area contributed by atoms with Gasteiger partial charge in [-0.1, -0.05) is 40.5 Å². The van der Waals surface area contributed by atoms with Crippen LogP contribution in [0.15, 0.2) is 0 Å². The molecule has 2 N–H and O–H groups in total. The molecule has 0 saturated heterocycles. The number of hydrogen-bond donors (Lipinski definition) is 2. The van der Waals surface area contributed by atoms with E-state index in [2.05, 4.69) is 0 Å². The van der Waals surface area contributed by atoms with Crippen LogP contribution in [0.1, 0.15) is 53.4 Å². The molecule has 0 radical (unpaired) electrons. The molecule has 0 aromatic carbocycles. The Hall–Kier alpha value is -1.06. The van der Waals surface area contributed by atoms with Gasteiger partial charge in [-0.25, -0.2) is 0 Å². The lowest BCUT2D eigenvalue weighted by Gasteiger charge is -2.00. The van der Waals surface area contributed by atoms with Crippen molar-refractivity contribution in [3.8, 4) is 0 Å². The number of hydrogen-bond acceptors (Lipinski definition) is 2. The van der Waals surface area contributed by atoms with Crippen LogP contribution >= 0.6 is 0 Å². The number of carboxylic acid groups (broad SMARTS) is 2. The van der Waals surface area contributed by atoms with Crippen LogP contribution in [0.2, 0.25) is 0 Å². The van der Waals surface area contributed by atoms with Gasteiger partial charge in [-0.05, 0) is 12.3 Å². The number of carbonyl (C=O) groups is 2. The highest BCUT2D eigenvalue weighted by molar-refractivity contribution is 5.69. The molecule has 0 aromatic rings. The third-order valence-corrected chi connectivity index (χ3v) is 2.36. The third-order valence-electron chi connectivity index (χ3n) is 2.36. The van der Waals surface area contributed by atoms with E-state index in [0.29, 0.717) is 12.3 Å². The van der Waals surface area contributed by atoms with Crippen LogP contribution in [0.4, 0.5) is 0 Å². The number of rotatable bonds is 6. The molecule has 2 unspecified atom stereocenters. The second-order valence-corrected chi connectivity index (χ2v) is 4.14. The molecule has 2 atom stereocenters. The minimum Gasteiger partial charge on any atom is -0.481 e. The van der Waals surface area contributed by atoms with Crippen molar-refractivity contribution in [2.45, 2.75) is 53.4 Å². The summed E-state index contributed by atoms with van der Waals surface area (Å²) in [6.07, 6.45) is 2.99. The average molecular weight is 232 g/mol. The van der Waals surface area contributed by atoms with Gasteiger partial charge in [0.15, 0.2) is 0 Å². The molecule has 0 fully saturated rings. The molecule has 0 aromatic heterocycles. The molecule has 16 heavy (non-hydrogen) atoms. The molecular formula is C12H24O4. The summed E-state index contributed by atoms with van der Waals surface area (Å²) < 4.78 is 0. The summed E-state index contributed by atoms with van der Waals surface area (Å²) in [5, 5.41) is 16.5. The van der Waals surface area contributed by atoms with Crippen molar-refractivity contribution in [2.75, 3.05) is 0 Å². The zero-order valence-electron chi connectivity index (χ0n) is 10.7. The minimum absolute atomic E-state index is 0.167. The van der Waals surface area contributed by atoms with Gasteiger partial charge in [0.2, 0.25) is 0 Å². The second-order valence-electron chi connectivity index (χ2n) is 4.14. The SMILES string of the molecule is CCC(C)CC(=O)O.CCCC(C)C(=O)O. The first kappa shape index (κ1) is 17.3. The zero-order valence-corrected chi connectivity index (χ0v) is 10.7. The maximum absolute atomic E-state index is 10.1. The lowest BCUT2D eigenvalue weighted by atomic mass is 10.1. The normalized spacial score (nSPS) is 13.2. The highest BCUT2D eigenvalue weighted by Gasteiger charge is 2.07. The van der Waals surface area contributed by atoms with E-state index in [9.17, 15) is 9.59 Å². The van der Waals surface area contributed by atoms with Crippen LogP contribution in [-0.2, 0) is 9.59 Å². The van der Waals surface area contributed by atoms with Crippen LogP contribution in [0.5, 0.6) is 0 Å². The van der Waals surface area contributed by atoms with E-state index < -0.39 is 11.9 Å². The van der Waals surface area contributed by atoms with Gasteiger partial charge in [0.05, 0.1) is 5.92 Å². The maximum Gasteiger partial charge on any atom is 0.306 e. The fourth-order valence-corrected chi connectivity index (χ4v) is 0.999. The first-order chi connectivity index (χ1) is 7.34. The van der Waals surface area contributed by atoms with Gasteiger partial charge in [0.1, 0.15) is 0 Å². The summed E-state index contributed by atoms with van der Waals surface area (Å²) in [5.74, 6) is -1.22. The molecular weight excluding hydrogens is 208 g/mol. The summed E-state index contributed by atoms with van der Waals surface area (Å²) in [4.78, 5) is 20.1. The average Bonchev–Trinajstić information content (AvgIpc) is 2.18. The number of aliphatic carboxylic acids is 2. The summed E-state index contributed by atoms with van der Waals surface area (Å²) in [5.41, 5.74) is 0. The molecule has 0 aliphatic carbocycles. The van der Waals surface area contributed by atoms with Crippen molar-refractivity contribution in [2.24, 2.45) is 11.8 Å². The Kier molecular flexibility index (Phi) is 11.3. The van der Waals surface area contributed by atoms with Crippen molar-refractivity contribution in [1.82, 2.24) is 0 Å². The maximum atomic E-state index is 10.1. The molecule has 0 aliphatic heterocycles. The van der Waals surface area contributed by atoms with Crippen LogP contribution in [0.3, 0.4) is 0 Å². The Morgan fingerprint density at radius 2 is 1.62 bits per heavy atom. The highest BCUT2D eigenvalue weighted by Crippen LogP contribution is 2.04. The molecule has 0 amide bonds. The summed E-state index contributed by atoms with van der Waals surface area (Å²) in [6.45, 7) is 7.65. The van der Waals surface area contributed by atoms with Gasteiger partial charge in [-0.2, -0.15) is 0 Å². The van der Waals surface area contributed by atoms with Crippen LogP contribution in [0.25, 0.3) is 0 Å². The van der Waals surface area contributed by atoms with Crippen molar-refractivity contribution < 1.29 is 19.8 Å². The summed E-state index contributed by atoms with van der Waals surface area (Å²) >= 11 is 0. The largest absolute Gasteiger partial charge is 0.481 e. The molecule has 0 bridgehead atoms. The van der Waals surface area contributed by atoms with Gasteiger partial charge < -0.3 is 10.2 Å². The second kappa shape index (κ2) is 10.5. The Morgan fingerprint density at radius 3 is 1.75 bits per heavy atom. The first-order valence-corrected chi connectivity index (χ1v) is 5.79. The molecule has 96 valence electrons. The van der Waals surface area contributed by atoms with Gasteiger partial charge in [-0.15, -0.1) is 0 Å². The predicted molar refractivity (Wildman–Crippen MR) is 63.4 cm³/mol. The van der Waals surface area contributed by atoms with Crippen molar-refractivity contribution >= 4 is 11.9 Å². The zero-order chi connectivity index (χ0) is 13.1. The van der Waals surface area contributed by atoms with Crippen molar-refractivity contribution in [1.29, 1.82) is 0 Å². The standard InChI is InChI=1S/2C6H12O2/c1-3-5(2)4-6(7)8;1-3-4-5(2)6(7)8/h2*5H,3-4H2,1-2H3,(H,7,8). The smallest absolute Gasteiger partial charge is 0.306 e. The predicted octanol–water partition coefficient (Wildman–Crippen LogP) is 3.01. The van der Waals surface area contributed by atoms with E-state index in [4.69, 9.17) is 10.2 Å². The van der Waals surface area contributed by atoms with Gasteiger partial charge in [-0.3, -0.25) is 9.59 Å². The molecule has 0 heterocycles. The van der Waals surface area contributed by atoms with E-state index in [1.54, 1.807) is 6.92 Å². The summed E-state index contributed by atoms with van der Waals surface area (Å²) in [7, 11) is 0. The quantitative estimate of drug-likeness (QED) is 0.738. The van der Waals surface area contributed by atoms with E-state index in [1.165, 1.54) is 0 Å². The Balaban J connectivity index is 0. The van der Waals surface area contributed by atoms with Crippen LogP contribution in [-0.4, -0.2) is 22.2 Å². The fourth-order valence-electron chi connectivity index (χ4n) is 0.999. The van der Waals surface area contributed by atoms with E-state index >= 15 is 0 Å². The van der Waals surface area contributed by atoms with Crippen LogP contribution in [0, 0.1) is 11.8 Å². The molecule has 0 aliphatic rings. The molecule has 4 heteroatoms. The topological polar surface area (TPSA) is 74.6 Å². The van der Waals surface area contributed by atoms with Gasteiger partial charge in [0, 0.05) is 6.42 Å². The Morgan fingerprint density at radius 1 is 1.12 bits per heavy atom. The first-order valence-electron chi connectivity index (χ1n) is 5.79. The van der Waals surface area contributed by atoms with Gasteiger partial charge >= 0.3 is 11.9 Å². The lowest BCUT2D eigenvalue weighted by Crippen LogP contribution is -2.08. The molecule has 0 saturated carbocycles. The van der Waals surface area contributed by atoms with Gasteiger partial charge in [0.25, 0.3) is 0 Å². The molecule has 4 nitrogen and oxygen atoms in total. The fraction of sp³-hybridized carbons (Fsp3) is 0.833. The van der Waals surface area contributed by atoms with Crippen molar-refractivity contribution in [3.63, 3.8) is 0 Å². The summed E-state index contributed by atoms with van der Waals surface area (Å²) in [6, 6.07) is 0. The third kappa shape index (κ3) is 12.9. The Bertz CT molecular complexity index is 201. The Labute approximate surface area is 97.7 Å². The van der Waals surface area contributed by atoms with E-state index in [-0.39, 0.29) is 5.92 Å². The number of carboxylic acids is 2. The van der Waals surface area contributed by atoms with Crippen LogP contribution < -0.4 is 0 Å². The van der Waals surface area contributed by atoms with Crippen molar-refractivity contribution in [3.05, 3.63) is 0 Å². The van der Waals surface area contributed by atoms with E-state index in [1.807, 2.05) is 20.8 Å². The lowest BCUT2D eigenvalue weighted by molar-refractivity contribution is -0.141. The molecule has 0 spiro atoms. The van der Waals surface area contributed by atoms with E-state index in [0.717, 1.165) is 19.3 Å².